The highest BCUT2D eigenvalue weighted by atomic mass is 32.1. The second kappa shape index (κ2) is 26.0. The van der Waals surface area contributed by atoms with E-state index < -0.39 is 43.4 Å². The number of benzene rings is 2. The molecule has 3 amide bonds. The molecule has 5 aromatic heterocycles. The number of thiazole rings is 1. The quantitative estimate of drug-likeness (QED) is 0.0264. The number of para-hydroxylation sites is 1. The number of esters is 1. The molecular formula is C65H78F3N11O7SSi. The van der Waals surface area contributed by atoms with Crippen LogP contribution in [0, 0.1) is 5.92 Å². The second-order valence-electron chi connectivity index (χ2n) is 25.9. The lowest BCUT2D eigenvalue weighted by Gasteiger charge is -2.35. The highest BCUT2D eigenvalue weighted by molar-refractivity contribution is 7.22. The summed E-state index contributed by atoms with van der Waals surface area (Å²) in [5, 5.41) is 8.39. The Kier molecular flexibility index (Phi) is 18.4. The second-order valence-corrected chi connectivity index (χ2v) is 32.5. The van der Waals surface area contributed by atoms with E-state index in [1.807, 2.05) is 54.4 Å². The summed E-state index contributed by atoms with van der Waals surface area (Å²) >= 11 is 1.39. The number of anilines is 3. The standard InChI is InChI=1S/C65H78F3N11O7SSi/c1-64(2,3)86-62(83)58-45(22-25-52(71-58)78-32-29-42-28-30-69-57(48(42)39-78)61(82)79(40-84-37-38-88(5,6)7)63-70-49-15-8-9-17-51(49)87-63)44-14-12-16-50(55(44)65(66,67)68)85-43-20-18-41(19-21-43)13-10-11-31-76-33-35-77(36-34-76)53-26-23-46-56(74-75(4)59(46)72-53)47-24-27-54(80)73-60(47)81/h8-9,12,14-17,22-23,25-26,28,30,41,43,47H,10-11,13,18-21,24,27,29,31-40H2,1-7H3,(H,73,80,81). The molecule has 2 saturated heterocycles. The lowest BCUT2D eigenvalue weighted by molar-refractivity contribution is -0.139. The minimum atomic E-state index is -4.86. The molecule has 23 heteroatoms. The lowest BCUT2D eigenvalue weighted by Crippen LogP contribution is -2.46. The molecule has 11 rings (SSSR count). The summed E-state index contributed by atoms with van der Waals surface area (Å²) in [5.41, 5.74) is 1.39. The van der Waals surface area contributed by atoms with Crippen molar-refractivity contribution in [1.29, 1.82) is 0 Å². The fourth-order valence-corrected chi connectivity index (χ4v) is 14.1. The predicted octanol–water partition coefficient (Wildman–Crippen LogP) is 12.0. The van der Waals surface area contributed by atoms with Gasteiger partial charge in [0, 0.05) is 95.7 Å². The minimum Gasteiger partial charge on any atom is -0.490 e. The third kappa shape index (κ3) is 14.4. The number of aromatic nitrogens is 6. The van der Waals surface area contributed by atoms with Crippen molar-refractivity contribution in [3.05, 3.63) is 113 Å². The van der Waals surface area contributed by atoms with Crippen molar-refractivity contribution in [2.24, 2.45) is 13.0 Å². The van der Waals surface area contributed by atoms with Crippen LogP contribution in [0.15, 0.2) is 79.0 Å². The average Bonchev–Trinajstić information content (AvgIpc) is 1.55. The number of nitrogens with one attached hydrogen (secondary N) is 1. The van der Waals surface area contributed by atoms with Gasteiger partial charge in [0.25, 0.3) is 5.91 Å². The molecule has 1 atom stereocenters. The van der Waals surface area contributed by atoms with Crippen LogP contribution < -0.4 is 24.8 Å². The van der Waals surface area contributed by atoms with Crippen LogP contribution in [-0.2, 0) is 45.3 Å². The van der Waals surface area contributed by atoms with Gasteiger partial charge in [-0.15, -0.1) is 0 Å². The molecule has 18 nitrogen and oxygen atoms in total. The number of imide groups is 1. The summed E-state index contributed by atoms with van der Waals surface area (Å²) < 4.78 is 67.9. The fraction of sp³-hybridized carbons (Fsp3) is 0.492. The number of hydrogen-bond donors (Lipinski definition) is 1. The molecule has 8 heterocycles. The number of ether oxygens (including phenoxy) is 3. The van der Waals surface area contributed by atoms with E-state index in [2.05, 4.69) is 44.8 Å². The van der Waals surface area contributed by atoms with Crippen LogP contribution in [0.4, 0.5) is 29.9 Å². The van der Waals surface area contributed by atoms with Crippen LogP contribution >= 0.6 is 11.3 Å². The van der Waals surface area contributed by atoms with E-state index in [1.165, 1.54) is 40.5 Å². The Morgan fingerprint density at radius 1 is 0.807 bits per heavy atom. The van der Waals surface area contributed by atoms with Crippen molar-refractivity contribution >= 4 is 81.1 Å². The highest BCUT2D eigenvalue weighted by Gasteiger charge is 2.41. The van der Waals surface area contributed by atoms with Gasteiger partial charge in [0.15, 0.2) is 16.5 Å². The maximum atomic E-state index is 15.6. The van der Waals surface area contributed by atoms with Gasteiger partial charge in [-0.25, -0.2) is 19.7 Å². The van der Waals surface area contributed by atoms with E-state index in [9.17, 15) is 19.2 Å². The van der Waals surface area contributed by atoms with E-state index in [0.717, 1.165) is 97.9 Å². The van der Waals surface area contributed by atoms with Gasteiger partial charge in [-0.3, -0.25) is 39.2 Å². The first-order chi connectivity index (χ1) is 42.0. The van der Waals surface area contributed by atoms with Crippen molar-refractivity contribution < 1.29 is 46.6 Å². The number of amides is 3. The van der Waals surface area contributed by atoms with Crippen LogP contribution in [0.2, 0.25) is 25.7 Å². The average molecular weight is 1240 g/mol. The van der Waals surface area contributed by atoms with Crippen LogP contribution in [-0.4, -0.2) is 131 Å². The zero-order valence-corrected chi connectivity index (χ0v) is 53.1. The van der Waals surface area contributed by atoms with Gasteiger partial charge in [0.1, 0.15) is 41.0 Å². The first-order valence-electron chi connectivity index (χ1n) is 30.8. The Morgan fingerprint density at radius 3 is 2.31 bits per heavy atom. The van der Waals surface area contributed by atoms with Crippen LogP contribution in [0.3, 0.4) is 0 Å². The van der Waals surface area contributed by atoms with E-state index in [1.54, 1.807) is 37.7 Å². The van der Waals surface area contributed by atoms with Crippen LogP contribution in [0.25, 0.3) is 32.4 Å². The topological polar surface area (TPSA) is 190 Å². The first kappa shape index (κ1) is 62.3. The van der Waals surface area contributed by atoms with Gasteiger partial charge in [0.05, 0.1) is 27.9 Å². The Morgan fingerprint density at radius 2 is 1.57 bits per heavy atom. The van der Waals surface area contributed by atoms with E-state index in [4.69, 9.17) is 29.2 Å². The molecule has 2 aromatic carbocycles. The van der Waals surface area contributed by atoms with Crippen molar-refractivity contribution in [3.63, 3.8) is 0 Å². The summed E-state index contributed by atoms with van der Waals surface area (Å²) in [6.45, 7) is 17.4. The van der Waals surface area contributed by atoms with Crippen LogP contribution in [0.1, 0.15) is 128 Å². The number of hydrogen-bond acceptors (Lipinski definition) is 16. The zero-order chi connectivity index (χ0) is 62.1. The summed E-state index contributed by atoms with van der Waals surface area (Å²) in [5.74, 6) is -0.959. The molecule has 3 fully saturated rings. The van der Waals surface area contributed by atoms with Gasteiger partial charge in [-0.1, -0.05) is 68.1 Å². The molecular weight excluding hydrogens is 1160 g/mol. The Labute approximate surface area is 516 Å². The number of carbonyl (C=O) groups is 4. The van der Waals surface area contributed by atoms with Gasteiger partial charge in [0.2, 0.25) is 11.8 Å². The number of carbonyl (C=O) groups excluding carboxylic acids is 4. The maximum Gasteiger partial charge on any atom is 0.420 e. The number of unbranched alkanes of at least 4 members (excludes halogenated alkanes) is 1. The number of aryl methyl sites for hydroxylation is 1. The maximum absolute atomic E-state index is 15.6. The highest BCUT2D eigenvalue weighted by Crippen LogP contribution is 2.46. The monoisotopic (exact) mass is 1240 g/mol. The third-order valence-electron chi connectivity index (χ3n) is 17.1. The number of pyridine rings is 3. The fourth-order valence-electron chi connectivity index (χ4n) is 12.4. The van der Waals surface area contributed by atoms with Gasteiger partial charge < -0.3 is 24.0 Å². The summed E-state index contributed by atoms with van der Waals surface area (Å²) in [4.78, 5) is 81.0. The normalized spacial score (nSPS) is 18.8. The number of alkyl halides is 3. The molecule has 0 radical (unpaired) electrons. The van der Waals surface area contributed by atoms with Gasteiger partial charge >= 0.3 is 12.1 Å². The molecule has 466 valence electrons. The van der Waals surface area contributed by atoms with Crippen molar-refractivity contribution in [1.82, 2.24) is 39.9 Å². The number of halogens is 3. The SMILES string of the molecule is Cn1nc(C2CCC(=O)NC2=O)c2ccc(N3CCN(CCCCC4CCC(Oc5cccc(-c6ccc(N7CCc8ccnc(C(=O)N(COCC[Si](C)(C)C)c9nc%10ccccc%10s9)c8C7)nc6C(=O)OC(C)(C)C)c5C(F)(F)F)CC4)CC3)nc21. The minimum absolute atomic E-state index is 0.0233. The number of piperidine rings is 1. The van der Waals surface area contributed by atoms with E-state index in [0.29, 0.717) is 72.6 Å². The lowest BCUT2D eigenvalue weighted by atomic mass is 9.84. The molecule has 4 aliphatic rings. The Bertz CT molecular complexity index is 3680. The van der Waals surface area contributed by atoms with E-state index >= 15 is 13.2 Å². The molecule has 0 bridgehead atoms. The molecule has 7 aromatic rings. The number of rotatable bonds is 19. The summed E-state index contributed by atoms with van der Waals surface area (Å²) in [6.07, 6.45) is 3.66. The van der Waals surface area contributed by atoms with Crippen LogP contribution in [0.5, 0.6) is 5.75 Å². The molecule has 88 heavy (non-hydrogen) atoms. The zero-order valence-electron chi connectivity index (χ0n) is 51.3. The molecule has 3 aliphatic heterocycles. The molecule has 1 unspecified atom stereocenters. The third-order valence-corrected chi connectivity index (χ3v) is 19.9. The smallest absolute Gasteiger partial charge is 0.420 e. The van der Waals surface area contributed by atoms with E-state index in [-0.39, 0.29) is 65.7 Å². The van der Waals surface area contributed by atoms with Crippen molar-refractivity contribution in [2.45, 2.75) is 141 Å². The van der Waals surface area contributed by atoms with Gasteiger partial charge in [-0.2, -0.15) is 18.3 Å². The molecule has 1 saturated carbocycles. The largest absolute Gasteiger partial charge is 0.490 e. The van der Waals surface area contributed by atoms with Gasteiger partial charge in [-0.05, 0) is 138 Å². The number of nitrogens with zero attached hydrogens (tertiary/aromatic N) is 10. The molecule has 1 aliphatic carbocycles. The number of piperazine rings is 1. The molecule has 1 N–H and O–H groups in total. The first-order valence-corrected chi connectivity index (χ1v) is 35.3. The Balaban J connectivity index is 0.727. The summed E-state index contributed by atoms with van der Waals surface area (Å²) in [7, 11) is 0.388. The Hall–Kier alpha value is -7.34. The molecule has 0 spiro atoms. The predicted molar refractivity (Wildman–Crippen MR) is 337 cm³/mol. The van der Waals surface area contributed by atoms with Crippen molar-refractivity contribution in [2.75, 3.05) is 67.3 Å². The summed E-state index contributed by atoms with van der Waals surface area (Å²) in [6, 6.07) is 21.8. The number of fused-ring (bicyclic) bond motifs is 3. The van der Waals surface area contributed by atoms with Crippen molar-refractivity contribution in [3.8, 4) is 16.9 Å².